The van der Waals surface area contributed by atoms with Crippen LogP contribution in [0.1, 0.15) is 42.6 Å². The van der Waals surface area contributed by atoms with Crippen molar-refractivity contribution in [1.29, 1.82) is 5.26 Å². The third kappa shape index (κ3) is 5.24. The fourth-order valence-electron chi connectivity index (χ4n) is 8.91. The molecule has 1 amide bonds. The predicted octanol–water partition coefficient (Wildman–Crippen LogP) is 6.84. The Morgan fingerprint density at radius 3 is 2.81 bits per heavy atom. The molecule has 2 aromatic carbocycles. The van der Waals surface area contributed by atoms with Crippen molar-refractivity contribution in [3.63, 3.8) is 0 Å². The minimum absolute atomic E-state index is 0.0109. The second kappa shape index (κ2) is 12.5. The largest absolute Gasteiger partial charge is 0.461 e. The van der Waals surface area contributed by atoms with E-state index in [0.717, 1.165) is 48.5 Å². The lowest BCUT2D eigenvalue weighted by molar-refractivity contribution is 0.0375. The maximum absolute atomic E-state index is 17.2. The standard InChI is InChI=1S/C37H35ClF3N9O2S/c1-18-19(2)50(17-44-18)36(51)49-13-20-6-9-47(15-27(20)49)34-23-10-25(38)29(22-4-5-26(40)32-28(22)24(12-42)33(43)53-32)30(41)31(23)45-35(46-34)52-16-37-7-3-8-48(37)14-21(39)11-37/h4-5,10,17,20-21,27H,3,6-9,11,13-16,43H2,1-2H3/t20?,21-,27?,37+/m1/s1. The molecule has 4 fully saturated rings. The van der Waals surface area contributed by atoms with Crippen LogP contribution in [0.5, 0.6) is 6.01 Å². The number of piperidine rings is 1. The molecule has 11 nitrogen and oxygen atoms in total. The van der Waals surface area contributed by atoms with Gasteiger partial charge in [-0.3, -0.25) is 9.47 Å². The van der Waals surface area contributed by atoms with Crippen molar-refractivity contribution in [3.8, 4) is 23.2 Å². The summed E-state index contributed by atoms with van der Waals surface area (Å²) >= 11 is 7.83. The number of amides is 1. The number of nitriles is 1. The third-order valence-electron chi connectivity index (χ3n) is 11.8. The van der Waals surface area contributed by atoms with Crippen molar-refractivity contribution in [3.05, 3.63) is 58.1 Å². The van der Waals surface area contributed by atoms with E-state index in [-0.39, 0.29) is 72.9 Å². The normalized spacial score (nSPS) is 24.1. The van der Waals surface area contributed by atoms with Crippen LogP contribution in [-0.2, 0) is 0 Å². The van der Waals surface area contributed by atoms with E-state index in [4.69, 9.17) is 27.1 Å². The molecular weight excluding hydrogens is 727 g/mol. The van der Waals surface area contributed by atoms with Gasteiger partial charge in [-0.05, 0) is 57.4 Å². The Bertz CT molecular complexity index is 2400. The number of hydrogen-bond donors (Lipinski definition) is 1. The van der Waals surface area contributed by atoms with Gasteiger partial charge in [0.05, 0.1) is 32.6 Å². The number of halogens is 4. The maximum atomic E-state index is 17.2. The van der Waals surface area contributed by atoms with Gasteiger partial charge in [0.15, 0.2) is 5.82 Å². The van der Waals surface area contributed by atoms with Gasteiger partial charge in [-0.25, -0.2) is 22.9 Å². The van der Waals surface area contributed by atoms with Crippen molar-refractivity contribution < 1.29 is 22.7 Å². The number of nitrogens with zero attached hydrogens (tertiary/aromatic N) is 8. The van der Waals surface area contributed by atoms with Crippen LogP contribution in [0.25, 0.3) is 32.1 Å². The Kier molecular flexibility index (Phi) is 8.03. The van der Waals surface area contributed by atoms with E-state index in [1.807, 2.05) is 29.7 Å². The first-order chi connectivity index (χ1) is 25.5. The number of nitrogen functional groups attached to an aromatic ring is 1. The molecule has 0 radical (unpaired) electrons. The summed E-state index contributed by atoms with van der Waals surface area (Å²) in [7, 11) is 0. The van der Waals surface area contributed by atoms with E-state index in [2.05, 4.69) is 14.9 Å². The fourth-order valence-corrected chi connectivity index (χ4v) is 10.2. The van der Waals surface area contributed by atoms with Gasteiger partial charge in [-0.2, -0.15) is 15.2 Å². The Morgan fingerprint density at radius 2 is 2.04 bits per heavy atom. The summed E-state index contributed by atoms with van der Waals surface area (Å²) in [6.45, 7) is 6.60. The second-order valence-electron chi connectivity index (χ2n) is 14.7. The van der Waals surface area contributed by atoms with Gasteiger partial charge in [-0.15, -0.1) is 11.3 Å². The smallest absolute Gasteiger partial charge is 0.329 e. The van der Waals surface area contributed by atoms with E-state index in [1.54, 1.807) is 17.0 Å². The van der Waals surface area contributed by atoms with E-state index in [9.17, 15) is 18.8 Å². The molecule has 4 atom stereocenters. The first-order valence-corrected chi connectivity index (χ1v) is 18.9. The van der Waals surface area contributed by atoms with Crippen LogP contribution in [0.3, 0.4) is 0 Å². The Hall–Kier alpha value is -4.65. The van der Waals surface area contributed by atoms with Gasteiger partial charge in [0.25, 0.3) is 0 Å². The molecule has 5 aromatic rings. The van der Waals surface area contributed by atoms with Crippen molar-refractivity contribution in [1.82, 2.24) is 29.3 Å². The van der Waals surface area contributed by atoms with Gasteiger partial charge in [-0.1, -0.05) is 17.7 Å². The molecule has 3 aromatic heterocycles. The van der Waals surface area contributed by atoms with Crippen LogP contribution in [-0.4, -0.2) is 92.4 Å². The van der Waals surface area contributed by atoms with E-state index in [1.165, 1.54) is 12.1 Å². The zero-order valence-electron chi connectivity index (χ0n) is 29.0. The van der Waals surface area contributed by atoms with Gasteiger partial charge >= 0.3 is 12.0 Å². The molecule has 9 rings (SSSR count). The van der Waals surface area contributed by atoms with Crippen molar-refractivity contribution >= 4 is 60.8 Å². The Labute approximate surface area is 311 Å². The summed E-state index contributed by atoms with van der Waals surface area (Å²) in [5, 5.41) is 10.6. The summed E-state index contributed by atoms with van der Waals surface area (Å²) < 4.78 is 54.8. The predicted molar refractivity (Wildman–Crippen MR) is 196 cm³/mol. The molecule has 0 bridgehead atoms. The highest BCUT2D eigenvalue weighted by atomic mass is 35.5. The number of likely N-dealkylation sites (tertiary alicyclic amines) is 1. The molecule has 53 heavy (non-hydrogen) atoms. The lowest BCUT2D eigenvalue weighted by Gasteiger charge is -2.53. The van der Waals surface area contributed by atoms with Crippen LogP contribution in [0, 0.1) is 42.7 Å². The van der Waals surface area contributed by atoms with Crippen LogP contribution >= 0.6 is 22.9 Å². The highest BCUT2D eigenvalue weighted by Crippen LogP contribution is 2.47. The molecule has 4 aliphatic heterocycles. The molecular formula is C37H35ClF3N9O2S. The highest BCUT2D eigenvalue weighted by Gasteiger charge is 2.50. The quantitative estimate of drug-likeness (QED) is 0.205. The van der Waals surface area contributed by atoms with Gasteiger partial charge in [0.2, 0.25) is 0 Å². The summed E-state index contributed by atoms with van der Waals surface area (Å²) in [6, 6.07) is 5.85. The number of carbonyl (C=O) groups excluding carboxylic acids is 1. The number of hydrogen-bond acceptors (Lipinski definition) is 10. The van der Waals surface area contributed by atoms with E-state index >= 15 is 4.39 Å². The number of ether oxygens (including phenoxy) is 1. The number of benzene rings is 2. The topological polar surface area (TPSA) is 129 Å². The molecule has 0 aliphatic carbocycles. The van der Waals surface area contributed by atoms with Crippen LogP contribution in [0.4, 0.5) is 28.8 Å². The van der Waals surface area contributed by atoms with E-state index in [0.29, 0.717) is 43.8 Å². The number of alkyl halides is 1. The number of fused-ring (bicyclic) bond motifs is 4. The van der Waals surface area contributed by atoms with Gasteiger partial charge in [0.1, 0.15) is 47.3 Å². The average Bonchev–Trinajstić information content (AvgIpc) is 3.86. The Morgan fingerprint density at radius 1 is 1.21 bits per heavy atom. The number of aryl methyl sites for hydroxylation is 1. The summed E-state index contributed by atoms with van der Waals surface area (Å²) in [4.78, 5) is 33.3. The molecule has 7 heterocycles. The maximum Gasteiger partial charge on any atom is 0.329 e. The van der Waals surface area contributed by atoms with Crippen LogP contribution < -0.4 is 15.4 Å². The lowest BCUT2D eigenvalue weighted by Crippen LogP contribution is -2.66. The minimum Gasteiger partial charge on any atom is -0.461 e. The number of nitrogens with two attached hydrogens (primary N) is 1. The molecule has 2 N–H and O–H groups in total. The minimum atomic E-state index is -0.962. The Balaban J connectivity index is 1.15. The molecule has 2 unspecified atom stereocenters. The monoisotopic (exact) mass is 761 g/mol. The number of carbonyl (C=O) groups is 1. The zero-order valence-corrected chi connectivity index (χ0v) is 30.6. The molecule has 0 saturated carbocycles. The fraction of sp³-hybridized carbons (Fsp3) is 0.432. The average molecular weight is 762 g/mol. The molecule has 0 spiro atoms. The van der Waals surface area contributed by atoms with Crippen LogP contribution in [0.15, 0.2) is 24.5 Å². The van der Waals surface area contributed by atoms with Crippen molar-refractivity contribution in [2.75, 3.05) is 50.0 Å². The summed E-state index contributed by atoms with van der Waals surface area (Å²) in [6.07, 6.45) is 3.38. The zero-order chi connectivity index (χ0) is 36.9. The van der Waals surface area contributed by atoms with E-state index < -0.39 is 23.3 Å². The highest BCUT2D eigenvalue weighted by molar-refractivity contribution is 7.23. The number of imidazole rings is 1. The van der Waals surface area contributed by atoms with Crippen LogP contribution in [0.2, 0.25) is 5.02 Å². The first-order valence-electron chi connectivity index (χ1n) is 17.7. The van der Waals surface area contributed by atoms with Gasteiger partial charge in [0, 0.05) is 60.5 Å². The number of rotatable bonds is 5. The first kappa shape index (κ1) is 34.1. The van der Waals surface area contributed by atoms with Gasteiger partial charge < -0.3 is 20.3 Å². The molecule has 4 aliphatic rings. The number of thiophene rings is 1. The second-order valence-corrected chi connectivity index (χ2v) is 16.1. The SMILES string of the molecule is Cc1ncn(C(=O)N2CC3CCN(c4nc(OC[C@@]56CCCN5C[C@H](F)C6)nc5c(F)c(-c6ccc(F)c7sc(N)c(C#N)c67)c(Cl)cc45)CC32)c1C. The molecule has 4 saturated heterocycles. The summed E-state index contributed by atoms with van der Waals surface area (Å²) in [5.74, 6) is -0.712. The number of aromatic nitrogens is 4. The van der Waals surface area contributed by atoms with Crippen molar-refractivity contribution in [2.45, 2.75) is 57.3 Å². The number of anilines is 2. The molecule has 274 valence electrons. The molecule has 16 heteroatoms. The van der Waals surface area contributed by atoms with Crippen molar-refractivity contribution in [2.24, 2.45) is 5.92 Å². The lowest BCUT2D eigenvalue weighted by atomic mass is 9.82. The third-order valence-corrected chi connectivity index (χ3v) is 13.2. The summed E-state index contributed by atoms with van der Waals surface area (Å²) in [5.41, 5.74) is 7.26.